The highest BCUT2D eigenvalue weighted by Gasteiger charge is 2.32. The van der Waals surface area contributed by atoms with Gasteiger partial charge < -0.3 is 0 Å². The first-order chi connectivity index (χ1) is 13.9. The van der Waals surface area contributed by atoms with E-state index in [2.05, 4.69) is 109 Å². The van der Waals surface area contributed by atoms with Crippen LogP contribution >= 0.6 is 7.92 Å². The molecule has 0 unspecified atom stereocenters. The lowest BCUT2D eigenvalue weighted by Crippen LogP contribution is -2.18. The minimum Gasteiger partial charge on any atom is -0.0622 e. The van der Waals surface area contributed by atoms with E-state index in [0.717, 1.165) is 12.8 Å². The summed E-state index contributed by atoms with van der Waals surface area (Å²) in [5, 5.41) is 2.89. The van der Waals surface area contributed by atoms with Crippen LogP contribution in [0.4, 0.5) is 0 Å². The second-order valence-corrected chi connectivity index (χ2v) is 9.63. The van der Waals surface area contributed by atoms with E-state index in [1.54, 1.807) is 0 Å². The Morgan fingerprint density at radius 2 is 0.857 bits per heavy atom. The Bertz CT molecular complexity index is 982. The monoisotopic (exact) mass is 378 g/mol. The van der Waals surface area contributed by atoms with E-state index in [4.69, 9.17) is 0 Å². The summed E-state index contributed by atoms with van der Waals surface area (Å²) in [5.74, 6) is 0. The van der Waals surface area contributed by atoms with E-state index in [1.165, 1.54) is 32.9 Å². The standard InChI is InChI=1S/C27H23P/c1-3-13-23(14-4-1)28(24-15-5-2-6-16-24)27-25-17-9-7-11-21(25)19-20-22-12-8-10-18-26(22)27/h1-18,27H,19-20H2. The van der Waals surface area contributed by atoms with E-state index in [-0.39, 0.29) is 0 Å². The van der Waals surface area contributed by atoms with Crippen molar-refractivity contribution in [1.29, 1.82) is 0 Å². The number of hydrogen-bond acceptors (Lipinski definition) is 0. The van der Waals surface area contributed by atoms with Crippen LogP contribution in [0.2, 0.25) is 0 Å². The fourth-order valence-corrected chi connectivity index (χ4v) is 7.34. The quantitative estimate of drug-likeness (QED) is 0.383. The van der Waals surface area contributed by atoms with Crippen molar-refractivity contribution in [2.75, 3.05) is 0 Å². The Labute approximate surface area is 168 Å². The lowest BCUT2D eigenvalue weighted by molar-refractivity contribution is 0.965. The molecule has 4 aromatic rings. The molecule has 1 heteroatoms. The van der Waals surface area contributed by atoms with Gasteiger partial charge in [-0.15, -0.1) is 0 Å². The second-order valence-electron chi connectivity index (χ2n) is 7.34. The fourth-order valence-electron chi connectivity index (χ4n) is 4.40. The summed E-state index contributed by atoms with van der Waals surface area (Å²) in [4.78, 5) is 0. The van der Waals surface area contributed by atoms with Gasteiger partial charge in [-0.2, -0.15) is 0 Å². The zero-order chi connectivity index (χ0) is 18.8. The van der Waals surface area contributed by atoms with Crippen molar-refractivity contribution in [1.82, 2.24) is 0 Å². The maximum Gasteiger partial charge on any atom is 0.0377 e. The van der Waals surface area contributed by atoms with Gasteiger partial charge >= 0.3 is 0 Å². The smallest absolute Gasteiger partial charge is 0.0377 e. The van der Waals surface area contributed by atoms with Gasteiger partial charge in [-0.3, -0.25) is 0 Å². The SMILES string of the molecule is c1ccc(P(c2ccccc2)C2c3ccccc3CCc3ccccc32)cc1. The molecule has 1 aliphatic rings. The van der Waals surface area contributed by atoms with Crippen LogP contribution in [0.3, 0.4) is 0 Å². The largest absolute Gasteiger partial charge is 0.0622 e. The van der Waals surface area contributed by atoms with Gasteiger partial charge in [0.15, 0.2) is 0 Å². The average molecular weight is 378 g/mol. The molecule has 0 N–H and O–H groups in total. The van der Waals surface area contributed by atoms with E-state index < -0.39 is 7.92 Å². The second kappa shape index (κ2) is 7.74. The van der Waals surface area contributed by atoms with Gasteiger partial charge in [-0.25, -0.2) is 0 Å². The lowest BCUT2D eigenvalue weighted by atomic mass is 10.00. The summed E-state index contributed by atoms with van der Waals surface area (Å²) < 4.78 is 0. The lowest BCUT2D eigenvalue weighted by Gasteiger charge is -2.31. The molecule has 0 amide bonds. The summed E-state index contributed by atoms with van der Waals surface area (Å²) in [6.45, 7) is 0. The van der Waals surface area contributed by atoms with Crippen molar-refractivity contribution in [3.05, 3.63) is 131 Å². The van der Waals surface area contributed by atoms with Gasteiger partial charge in [-0.05, 0) is 53.6 Å². The van der Waals surface area contributed by atoms with Crippen LogP contribution in [0, 0.1) is 0 Å². The van der Waals surface area contributed by atoms with Crippen LogP contribution in [0.15, 0.2) is 109 Å². The molecule has 0 fully saturated rings. The summed E-state index contributed by atoms with van der Waals surface area (Å²) in [7, 11) is -0.559. The Balaban J connectivity index is 1.79. The summed E-state index contributed by atoms with van der Waals surface area (Å²) in [6.07, 6.45) is 2.24. The number of fused-ring (bicyclic) bond motifs is 2. The fraction of sp³-hybridized carbons (Fsp3) is 0.111. The first kappa shape index (κ1) is 17.4. The van der Waals surface area contributed by atoms with Crippen molar-refractivity contribution >= 4 is 18.5 Å². The van der Waals surface area contributed by atoms with Crippen LogP contribution in [-0.4, -0.2) is 0 Å². The first-order valence-corrected chi connectivity index (χ1v) is 11.4. The highest BCUT2D eigenvalue weighted by Crippen LogP contribution is 2.55. The molecule has 0 heterocycles. The Morgan fingerprint density at radius 1 is 0.464 bits per heavy atom. The average Bonchev–Trinajstić information content (AvgIpc) is 2.93. The van der Waals surface area contributed by atoms with Gasteiger partial charge in [0.2, 0.25) is 0 Å². The van der Waals surface area contributed by atoms with Crippen LogP contribution in [0.25, 0.3) is 0 Å². The minimum atomic E-state index is -0.559. The molecule has 5 rings (SSSR count). The van der Waals surface area contributed by atoms with Crippen molar-refractivity contribution in [3.8, 4) is 0 Å². The molecular formula is C27H23P. The molecule has 28 heavy (non-hydrogen) atoms. The maximum absolute atomic E-state index is 2.36. The third kappa shape index (κ3) is 3.19. The van der Waals surface area contributed by atoms with E-state index >= 15 is 0 Å². The molecule has 0 spiro atoms. The Kier molecular flexibility index (Phi) is 4.81. The van der Waals surface area contributed by atoms with Gasteiger partial charge in [-0.1, -0.05) is 109 Å². The topological polar surface area (TPSA) is 0 Å². The van der Waals surface area contributed by atoms with Gasteiger partial charge in [0.25, 0.3) is 0 Å². The molecule has 0 atom stereocenters. The molecule has 0 radical (unpaired) electrons. The highest BCUT2D eigenvalue weighted by atomic mass is 31.1. The van der Waals surface area contributed by atoms with E-state index in [1.807, 2.05) is 0 Å². The van der Waals surface area contributed by atoms with Crippen molar-refractivity contribution < 1.29 is 0 Å². The number of benzene rings is 4. The molecule has 0 bridgehead atoms. The third-order valence-electron chi connectivity index (χ3n) is 5.69. The summed E-state index contributed by atoms with van der Waals surface area (Å²) in [6, 6.07) is 40.4. The molecule has 0 nitrogen and oxygen atoms in total. The van der Waals surface area contributed by atoms with Crippen LogP contribution < -0.4 is 10.6 Å². The van der Waals surface area contributed by atoms with Gasteiger partial charge in [0.05, 0.1) is 0 Å². The maximum atomic E-state index is 2.36. The Hall–Kier alpha value is -2.69. The number of rotatable bonds is 3. The molecular weight excluding hydrogens is 355 g/mol. The predicted molar refractivity (Wildman–Crippen MR) is 121 cm³/mol. The molecule has 0 saturated carbocycles. The predicted octanol–water partition coefficient (Wildman–Crippen LogP) is 6.01. The van der Waals surface area contributed by atoms with Crippen molar-refractivity contribution in [3.63, 3.8) is 0 Å². The first-order valence-electron chi connectivity index (χ1n) is 9.97. The normalized spacial score (nSPS) is 13.6. The zero-order valence-electron chi connectivity index (χ0n) is 15.8. The highest BCUT2D eigenvalue weighted by molar-refractivity contribution is 7.73. The molecule has 136 valence electrons. The third-order valence-corrected chi connectivity index (χ3v) is 8.47. The number of hydrogen-bond donors (Lipinski definition) is 0. The Morgan fingerprint density at radius 3 is 1.32 bits per heavy atom. The molecule has 1 aliphatic carbocycles. The van der Waals surface area contributed by atoms with Gasteiger partial charge in [0, 0.05) is 5.66 Å². The molecule has 4 aromatic carbocycles. The van der Waals surface area contributed by atoms with Crippen LogP contribution in [-0.2, 0) is 12.8 Å². The molecule has 0 aliphatic heterocycles. The summed E-state index contributed by atoms with van der Waals surface area (Å²) >= 11 is 0. The van der Waals surface area contributed by atoms with E-state index in [0.29, 0.717) is 5.66 Å². The summed E-state index contributed by atoms with van der Waals surface area (Å²) in [5.41, 5.74) is 6.40. The van der Waals surface area contributed by atoms with Crippen molar-refractivity contribution in [2.24, 2.45) is 0 Å². The zero-order valence-corrected chi connectivity index (χ0v) is 16.7. The van der Waals surface area contributed by atoms with Crippen LogP contribution in [0.5, 0.6) is 0 Å². The minimum absolute atomic E-state index is 0.384. The van der Waals surface area contributed by atoms with Crippen LogP contribution in [0.1, 0.15) is 27.9 Å². The molecule has 0 saturated heterocycles. The van der Waals surface area contributed by atoms with E-state index in [9.17, 15) is 0 Å². The van der Waals surface area contributed by atoms with Gasteiger partial charge in [0.1, 0.15) is 0 Å². The van der Waals surface area contributed by atoms with Crippen molar-refractivity contribution in [2.45, 2.75) is 18.5 Å². The number of aryl methyl sites for hydroxylation is 2. The molecule has 0 aromatic heterocycles.